The Bertz CT molecular complexity index is 1440. The lowest BCUT2D eigenvalue weighted by Crippen LogP contribution is -2.23. The van der Waals surface area contributed by atoms with Gasteiger partial charge in [-0.05, 0) is 36.4 Å². The molecule has 0 fully saturated rings. The quantitative estimate of drug-likeness (QED) is 0.428. The number of benzene rings is 3. The third-order valence-electron chi connectivity index (χ3n) is 4.84. The molecule has 0 aliphatic carbocycles. The third-order valence-corrected chi connectivity index (χ3v) is 6.34. The fraction of sp³-hybridized carbons (Fsp3) is 0.0870. The largest absolute Gasteiger partial charge is 0.507 e. The van der Waals surface area contributed by atoms with E-state index in [9.17, 15) is 26.7 Å². The molecule has 174 valence electrons. The summed E-state index contributed by atoms with van der Waals surface area (Å²) in [7, 11) is -4.04. The van der Waals surface area contributed by atoms with Crippen molar-refractivity contribution in [3.8, 4) is 45.7 Å². The standard InChI is InChI=1S/C23H16F3N3O4S/c1-33-16-9-12-18(19(30)13-16)22-28-20(14-5-3-2-4-6-14)27-21(29-22)15-7-10-17(11-8-15)34(31,32)23(24,25)26/h2-13,30H,1H3. The van der Waals surface area contributed by atoms with Crippen LogP contribution in [0.3, 0.4) is 0 Å². The van der Waals surface area contributed by atoms with Gasteiger partial charge in [0, 0.05) is 17.2 Å². The maximum absolute atomic E-state index is 12.9. The molecule has 0 aliphatic heterocycles. The molecule has 3 aromatic carbocycles. The van der Waals surface area contributed by atoms with Crippen molar-refractivity contribution in [1.82, 2.24) is 15.0 Å². The molecule has 1 heterocycles. The van der Waals surface area contributed by atoms with Gasteiger partial charge in [-0.25, -0.2) is 23.4 Å². The number of alkyl halides is 3. The first-order valence-corrected chi connectivity index (χ1v) is 11.2. The zero-order valence-electron chi connectivity index (χ0n) is 17.5. The molecule has 0 atom stereocenters. The Morgan fingerprint density at radius 2 is 1.35 bits per heavy atom. The van der Waals surface area contributed by atoms with E-state index in [1.54, 1.807) is 36.4 Å². The number of rotatable bonds is 5. The number of ether oxygens (including phenoxy) is 1. The van der Waals surface area contributed by atoms with Gasteiger partial charge in [0.25, 0.3) is 9.84 Å². The number of sulfone groups is 1. The molecule has 4 rings (SSSR count). The van der Waals surface area contributed by atoms with E-state index in [1.807, 2.05) is 6.07 Å². The second kappa shape index (κ2) is 8.75. The monoisotopic (exact) mass is 487 g/mol. The number of hydrogen-bond acceptors (Lipinski definition) is 7. The van der Waals surface area contributed by atoms with Crippen molar-refractivity contribution >= 4 is 9.84 Å². The van der Waals surface area contributed by atoms with Gasteiger partial charge in [-0.1, -0.05) is 30.3 Å². The Morgan fingerprint density at radius 3 is 1.88 bits per heavy atom. The molecule has 0 unspecified atom stereocenters. The van der Waals surface area contributed by atoms with E-state index in [4.69, 9.17) is 4.74 Å². The highest BCUT2D eigenvalue weighted by molar-refractivity contribution is 7.92. The average Bonchev–Trinajstić information content (AvgIpc) is 2.83. The van der Waals surface area contributed by atoms with Crippen LogP contribution in [0.5, 0.6) is 11.5 Å². The predicted molar refractivity (Wildman–Crippen MR) is 118 cm³/mol. The van der Waals surface area contributed by atoms with Crippen LogP contribution >= 0.6 is 0 Å². The van der Waals surface area contributed by atoms with E-state index >= 15 is 0 Å². The molecule has 4 aromatic rings. The van der Waals surface area contributed by atoms with Gasteiger partial charge in [0.2, 0.25) is 0 Å². The van der Waals surface area contributed by atoms with Crippen molar-refractivity contribution in [2.45, 2.75) is 10.4 Å². The first-order chi connectivity index (χ1) is 16.1. The van der Waals surface area contributed by atoms with Gasteiger partial charge in [-0.3, -0.25) is 0 Å². The summed E-state index contributed by atoms with van der Waals surface area (Å²) in [6.07, 6.45) is 0. The van der Waals surface area contributed by atoms with E-state index in [0.717, 1.165) is 12.1 Å². The normalized spacial score (nSPS) is 11.9. The lowest BCUT2D eigenvalue weighted by Gasteiger charge is -2.11. The van der Waals surface area contributed by atoms with Crippen LogP contribution in [0.4, 0.5) is 13.2 Å². The van der Waals surface area contributed by atoms with Crippen LogP contribution in [0, 0.1) is 0 Å². The number of aromatic hydroxyl groups is 1. The zero-order chi connectivity index (χ0) is 24.5. The van der Waals surface area contributed by atoms with Crippen LogP contribution in [0.2, 0.25) is 0 Å². The zero-order valence-corrected chi connectivity index (χ0v) is 18.3. The number of hydrogen-bond donors (Lipinski definition) is 1. The molecular formula is C23H16F3N3O4S. The van der Waals surface area contributed by atoms with Crippen LogP contribution in [-0.2, 0) is 9.84 Å². The lowest BCUT2D eigenvalue weighted by atomic mass is 10.1. The van der Waals surface area contributed by atoms with Crippen molar-refractivity contribution < 1.29 is 31.4 Å². The summed E-state index contributed by atoms with van der Waals surface area (Å²) in [6, 6.07) is 17.5. The Kier molecular flexibility index (Phi) is 5.96. The Morgan fingerprint density at radius 1 is 0.794 bits per heavy atom. The van der Waals surface area contributed by atoms with Gasteiger partial charge in [-0.15, -0.1) is 0 Å². The highest BCUT2D eigenvalue weighted by Crippen LogP contribution is 2.34. The minimum Gasteiger partial charge on any atom is -0.507 e. The van der Waals surface area contributed by atoms with Crippen molar-refractivity contribution in [3.05, 3.63) is 72.8 Å². The number of nitrogens with zero attached hydrogens (tertiary/aromatic N) is 3. The number of aromatic nitrogens is 3. The maximum atomic E-state index is 12.9. The topological polar surface area (TPSA) is 102 Å². The third kappa shape index (κ3) is 4.42. The van der Waals surface area contributed by atoms with E-state index in [2.05, 4.69) is 15.0 Å². The summed E-state index contributed by atoms with van der Waals surface area (Å²) < 4.78 is 67.0. The number of phenols is 1. The molecule has 11 heteroatoms. The van der Waals surface area contributed by atoms with Crippen molar-refractivity contribution in [1.29, 1.82) is 0 Å². The highest BCUT2D eigenvalue weighted by Gasteiger charge is 2.46. The molecule has 0 aliphatic rings. The molecule has 1 aromatic heterocycles. The Balaban J connectivity index is 1.85. The summed E-state index contributed by atoms with van der Waals surface area (Å²) in [5, 5.41) is 10.4. The van der Waals surface area contributed by atoms with Gasteiger partial charge < -0.3 is 9.84 Å². The second-order valence-electron chi connectivity index (χ2n) is 7.03. The van der Waals surface area contributed by atoms with Crippen molar-refractivity contribution in [2.75, 3.05) is 7.11 Å². The smallest absolute Gasteiger partial charge is 0.501 e. The van der Waals surface area contributed by atoms with Crippen molar-refractivity contribution in [3.63, 3.8) is 0 Å². The van der Waals surface area contributed by atoms with Gasteiger partial charge in [0.05, 0.1) is 17.6 Å². The fourth-order valence-corrected chi connectivity index (χ4v) is 3.85. The van der Waals surface area contributed by atoms with Crippen LogP contribution in [-0.4, -0.2) is 41.1 Å². The molecule has 0 saturated carbocycles. The van der Waals surface area contributed by atoms with E-state index < -0.39 is 20.2 Å². The molecular weight excluding hydrogens is 471 g/mol. The lowest BCUT2D eigenvalue weighted by molar-refractivity contribution is -0.0436. The number of phenolic OH excluding ortho intramolecular Hbond substituents is 1. The molecule has 0 radical (unpaired) electrons. The van der Waals surface area contributed by atoms with E-state index in [0.29, 0.717) is 11.3 Å². The molecule has 1 N–H and O–H groups in total. The highest BCUT2D eigenvalue weighted by atomic mass is 32.2. The average molecular weight is 487 g/mol. The summed E-state index contributed by atoms with van der Waals surface area (Å²) in [4.78, 5) is 12.3. The molecule has 0 spiro atoms. The van der Waals surface area contributed by atoms with Crippen LogP contribution in [0.25, 0.3) is 34.2 Å². The Hall–Kier alpha value is -3.99. The van der Waals surface area contributed by atoms with Gasteiger partial charge in [0.1, 0.15) is 11.5 Å². The minimum absolute atomic E-state index is 0.0787. The maximum Gasteiger partial charge on any atom is 0.501 e. The fourth-order valence-electron chi connectivity index (χ4n) is 3.09. The molecule has 7 nitrogen and oxygen atoms in total. The molecule has 0 bridgehead atoms. The summed E-state index contributed by atoms with van der Waals surface area (Å²) in [6.45, 7) is 0. The summed E-state index contributed by atoms with van der Waals surface area (Å²) in [5.74, 6) is 0.705. The number of halogens is 3. The van der Waals surface area contributed by atoms with Crippen molar-refractivity contribution in [2.24, 2.45) is 0 Å². The summed E-state index contributed by atoms with van der Waals surface area (Å²) in [5.41, 5.74) is -4.24. The second-order valence-corrected chi connectivity index (χ2v) is 8.97. The van der Waals surface area contributed by atoms with Gasteiger partial charge in [-0.2, -0.15) is 13.2 Å². The summed E-state index contributed by atoms with van der Waals surface area (Å²) >= 11 is 0. The SMILES string of the molecule is COc1ccc(-c2nc(-c3ccccc3)nc(-c3ccc(S(=O)(=O)C(F)(F)F)cc3)n2)c(O)c1. The van der Waals surface area contributed by atoms with Crippen LogP contribution in [0.15, 0.2) is 77.7 Å². The first-order valence-electron chi connectivity index (χ1n) is 9.71. The minimum atomic E-state index is -5.49. The van der Waals surface area contributed by atoms with Crippen LogP contribution < -0.4 is 4.74 Å². The van der Waals surface area contributed by atoms with E-state index in [-0.39, 0.29) is 34.3 Å². The first kappa shape index (κ1) is 23.2. The van der Waals surface area contributed by atoms with Gasteiger partial charge in [0.15, 0.2) is 17.5 Å². The Labute approximate surface area is 192 Å². The van der Waals surface area contributed by atoms with Gasteiger partial charge >= 0.3 is 5.51 Å². The van der Waals surface area contributed by atoms with Crippen LogP contribution in [0.1, 0.15) is 0 Å². The molecule has 0 saturated heterocycles. The van der Waals surface area contributed by atoms with E-state index in [1.165, 1.54) is 25.3 Å². The molecule has 34 heavy (non-hydrogen) atoms. The number of methoxy groups -OCH3 is 1. The molecule has 0 amide bonds. The predicted octanol–water partition coefficient (Wildman–Crippen LogP) is 4.88.